The molecule has 0 saturated carbocycles. The number of nitrogens with one attached hydrogen (secondary N) is 1. The normalized spacial score (nSPS) is 18.0. The third kappa shape index (κ3) is 6.90. The number of fused-ring (bicyclic) bond motifs is 3. The highest BCUT2D eigenvalue weighted by atomic mass is 35.5. The lowest BCUT2D eigenvalue weighted by atomic mass is 9.48. The Labute approximate surface area is 288 Å². The summed E-state index contributed by atoms with van der Waals surface area (Å²) in [5.74, 6) is -0.595. The van der Waals surface area contributed by atoms with Crippen LogP contribution in [-0.4, -0.2) is 97.0 Å². The number of hydrogen-bond acceptors (Lipinski definition) is 8. The van der Waals surface area contributed by atoms with Crippen molar-refractivity contribution in [3.8, 4) is 16.9 Å². The second-order valence-corrected chi connectivity index (χ2v) is 13.1. The van der Waals surface area contributed by atoms with E-state index in [-0.39, 0.29) is 52.1 Å². The molecule has 6 radical (unpaired) electrons. The van der Waals surface area contributed by atoms with Crippen LogP contribution in [-0.2, 0) is 9.53 Å². The van der Waals surface area contributed by atoms with Gasteiger partial charge >= 0.3 is 12.7 Å². The summed E-state index contributed by atoms with van der Waals surface area (Å²) in [6.07, 6.45) is 1.84. The molecule has 49 heavy (non-hydrogen) atoms. The summed E-state index contributed by atoms with van der Waals surface area (Å²) in [4.78, 5) is 41.4. The molecule has 1 unspecified atom stereocenters. The minimum atomic E-state index is -3.18. The number of carbonyl (C=O) groups excluding carboxylic acids is 2. The fraction of sp³-hybridized carbons (Fsp3) is 0.387. The number of hydrogen-bond donors (Lipinski definition) is 1. The average Bonchev–Trinajstić information content (AvgIpc) is 3.52. The molecule has 4 aromatic rings. The monoisotopic (exact) mass is 687 g/mol. The third-order valence-electron chi connectivity index (χ3n) is 8.01. The fourth-order valence-electron chi connectivity index (χ4n) is 6.15. The van der Waals surface area contributed by atoms with E-state index in [0.29, 0.717) is 30.1 Å². The summed E-state index contributed by atoms with van der Waals surface area (Å²) in [6, 6.07) is 4.97. The summed E-state index contributed by atoms with van der Waals surface area (Å²) in [5, 5.41) is 0.532. The number of halogens is 4. The first-order chi connectivity index (χ1) is 23.0. The van der Waals surface area contributed by atoms with Gasteiger partial charge in [0.2, 0.25) is 11.9 Å². The van der Waals surface area contributed by atoms with Crippen molar-refractivity contribution in [3.05, 3.63) is 65.0 Å². The van der Waals surface area contributed by atoms with Crippen LogP contribution in [0.2, 0.25) is 5.02 Å². The van der Waals surface area contributed by atoms with Gasteiger partial charge in [0.1, 0.15) is 23.0 Å². The van der Waals surface area contributed by atoms with Crippen molar-refractivity contribution in [2.45, 2.75) is 56.7 Å². The van der Waals surface area contributed by atoms with E-state index in [1.807, 2.05) is 0 Å². The number of carbonyl (C=O) groups is 2. The van der Waals surface area contributed by atoms with Gasteiger partial charge in [-0.05, 0) is 39.0 Å². The highest BCUT2D eigenvalue weighted by Gasteiger charge is 2.46. The predicted octanol–water partition coefficient (Wildman–Crippen LogP) is 4.21. The van der Waals surface area contributed by atoms with Crippen molar-refractivity contribution in [1.82, 2.24) is 29.7 Å². The minimum Gasteiger partial charge on any atom is -0.444 e. The van der Waals surface area contributed by atoms with Crippen LogP contribution >= 0.6 is 11.6 Å². The Hall–Kier alpha value is -4.40. The highest BCUT2D eigenvalue weighted by molar-refractivity contribution is 6.59. The van der Waals surface area contributed by atoms with Crippen molar-refractivity contribution in [2.75, 3.05) is 24.5 Å². The van der Waals surface area contributed by atoms with Crippen LogP contribution in [0.15, 0.2) is 42.7 Å². The molecular formula is C31H28B3ClF3N7O4. The Balaban J connectivity index is 1.51. The maximum absolute atomic E-state index is 15.8. The van der Waals surface area contributed by atoms with Gasteiger partial charge in [0.15, 0.2) is 0 Å². The molecular weight excluding hydrogens is 659 g/mol. The lowest BCUT2D eigenvalue weighted by molar-refractivity contribution is -0.120. The number of anilines is 1. The Bertz CT molecular complexity index is 1920. The number of benzene rings is 2. The predicted molar refractivity (Wildman–Crippen MR) is 178 cm³/mol. The first kappa shape index (κ1) is 34.5. The standard InChI is InChI=1S/C31H28B3ClF3N7O4/c1-30(2,3)49-29(47)45(31(32,33)34)22-11-21(25-17(35)5-4-6-23(25)48-27(37)38)44-20-9-16(18(36)10-19(20)42-26(22)44)15-12-40-28(41-13-15)43-8-7-39-24(46)14-43/h4-6,9-10,12-13,21-22,27H,7-8,11,14H2,1-3H3,(H,39,46)/t21?,22-/m1/s1. The van der Waals surface area contributed by atoms with Gasteiger partial charge in [-0.1, -0.05) is 22.9 Å². The van der Waals surface area contributed by atoms with E-state index in [0.717, 1.165) is 4.90 Å². The lowest BCUT2D eigenvalue weighted by Gasteiger charge is -2.41. The molecule has 4 heterocycles. The van der Waals surface area contributed by atoms with Crippen LogP contribution < -0.4 is 15.0 Å². The molecule has 2 atom stereocenters. The van der Waals surface area contributed by atoms with E-state index in [2.05, 4.69) is 20.3 Å². The van der Waals surface area contributed by atoms with Crippen molar-refractivity contribution in [3.63, 3.8) is 0 Å². The lowest BCUT2D eigenvalue weighted by Crippen LogP contribution is -2.56. The molecule has 1 saturated heterocycles. The summed E-state index contributed by atoms with van der Waals surface area (Å²) in [5.41, 5.74) is 0.0868. The minimum absolute atomic E-state index is 0.0534. The zero-order valence-corrected chi connectivity index (χ0v) is 27.4. The number of nitrogens with zero attached hydrogens (tertiary/aromatic N) is 6. The van der Waals surface area contributed by atoms with E-state index in [4.69, 9.17) is 44.6 Å². The zero-order valence-electron chi connectivity index (χ0n) is 26.7. The largest absolute Gasteiger partial charge is 0.444 e. The molecule has 18 heteroatoms. The second-order valence-electron chi connectivity index (χ2n) is 12.7. The van der Waals surface area contributed by atoms with Crippen molar-refractivity contribution in [1.29, 1.82) is 0 Å². The second kappa shape index (κ2) is 12.8. The zero-order chi connectivity index (χ0) is 35.4. The summed E-state index contributed by atoms with van der Waals surface area (Å²) < 4.78 is 55.1. The molecule has 1 N–H and O–H groups in total. The van der Waals surface area contributed by atoms with Gasteiger partial charge in [-0.25, -0.2) is 24.1 Å². The van der Waals surface area contributed by atoms with Crippen LogP contribution in [0.25, 0.3) is 22.2 Å². The van der Waals surface area contributed by atoms with Gasteiger partial charge in [0.05, 0.1) is 53.2 Å². The number of amides is 2. The molecule has 0 bridgehead atoms. The molecule has 2 aromatic heterocycles. The van der Waals surface area contributed by atoms with Gasteiger partial charge in [0, 0.05) is 59.7 Å². The van der Waals surface area contributed by atoms with E-state index in [1.165, 1.54) is 42.7 Å². The Kier molecular flexibility index (Phi) is 9.01. The Morgan fingerprint density at radius 3 is 2.51 bits per heavy atom. The van der Waals surface area contributed by atoms with Gasteiger partial charge in [-0.3, -0.25) is 4.79 Å². The molecule has 0 spiro atoms. The number of aromatic nitrogens is 4. The molecule has 248 valence electrons. The smallest absolute Gasteiger partial charge is 0.409 e. The topological polar surface area (TPSA) is 115 Å². The molecule has 6 rings (SSSR count). The highest BCUT2D eigenvalue weighted by Crippen LogP contribution is 2.50. The molecule has 0 aliphatic carbocycles. The SMILES string of the molecule is [B]C([B])([B])N(C(=O)OC(C)(C)C)[C@@H]1CC(c2c(Cl)cccc2OC(F)F)n2c1nc1cc(F)c(-c3cnc(N4CCNC(=O)C4)nc3)cc12. The van der Waals surface area contributed by atoms with Crippen molar-refractivity contribution < 1.29 is 32.2 Å². The number of alkyl halides is 2. The van der Waals surface area contributed by atoms with Gasteiger partial charge < -0.3 is 29.2 Å². The molecule has 2 aliphatic heterocycles. The summed E-state index contributed by atoms with van der Waals surface area (Å²) >= 11 is 6.64. The first-order valence-electron chi connectivity index (χ1n) is 15.2. The van der Waals surface area contributed by atoms with Crippen LogP contribution in [0.3, 0.4) is 0 Å². The number of piperazine rings is 1. The Morgan fingerprint density at radius 1 is 1.16 bits per heavy atom. The molecule has 2 aliphatic rings. The molecule has 11 nitrogen and oxygen atoms in total. The van der Waals surface area contributed by atoms with E-state index in [1.54, 1.807) is 30.2 Å². The van der Waals surface area contributed by atoms with Crippen molar-refractivity contribution in [2.24, 2.45) is 0 Å². The van der Waals surface area contributed by atoms with Gasteiger partial charge in [0.25, 0.3) is 0 Å². The molecule has 1 fully saturated rings. The van der Waals surface area contributed by atoms with E-state index < -0.39 is 41.4 Å². The number of imidazole rings is 1. The van der Waals surface area contributed by atoms with Gasteiger partial charge in [-0.15, -0.1) is 0 Å². The summed E-state index contributed by atoms with van der Waals surface area (Å²) in [6.45, 7) is 2.77. The maximum Gasteiger partial charge on any atom is 0.409 e. The fourth-order valence-corrected chi connectivity index (χ4v) is 6.44. The van der Waals surface area contributed by atoms with Crippen LogP contribution in [0.5, 0.6) is 5.75 Å². The molecule has 2 amide bonds. The third-order valence-corrected chi connectivity index (χ3v) is 8.34. The van der Waals surface area contributed by atoms with Crippen LogP contribution in [0, 0.1) is 5.82 Å². The Morgan fingerprint density at radius 2 is 1.88 bits per heavy atom. The average molecular weight is 687 g/mol. The van der Waals surface area contributed by atoms with E-state index >= 15 is 4.39 Å². The quantitative estimate of drug-likeness (QED) is 0.288. The summed E-state index contributed by atoms with van der Waals surface area (Å²) in [7, 11) is 18.4. The van der Waals surface area contributed by atoms with Crippen LogP contribution in [0.1, 0.15) is 50.7 Å². The van der Waals surface area contributed by atoms with Gasteiger partial charge in [-0.2, -0.15) is 8.78 Å². The number of rotatable bonds is 7. The molecule has 2 aromatic carbocycles. The first-order valence-corrected chi connectivity index (χ1v) is 15.6. The van der Waals surface area contributed by atoms with E-state index in [9.17, 15) is 18.4 Å². The van der Waals surface area contributed by atoms with Crippen LogP contribution in [0.4, 0.5) is 23.9 Å². The maximum atomic E-state index is 15.8. The van der Waals surface area contributed by atoms with Crippen molar-refractivity contribution >= 4 is 64.1 Å². The number of ether oxygens (including phenoxy) is 2.